The van der Waals surface area contributed by atoms with Crippen LogP contribution in [0.1, 0.15) is 19.8 Å². The highest BCUT2D eigenvalue weighted by molar-refractivity contribution is 6.69. The third-order valence-electron chi connectivity index (χ3n) is 6.59. The molecule has 11 heteroatoms. The van der Waals surface area contributed by atoms with Crippen molar-refractivity contribution in [3.05, 3.63) is 35.2 Å². The first-order chi connectivity index (χ1) is 16.4. The highest BCUT2D eigenvalue weighted by atomic mass is 35.5. The summed E-state index contributed by atoms with van der Waals surface area (Å²) >= 11 is 13.0. The van der Waals surface area contributed by atoms with Gasteiger partial charge in [-0.2, -0.15) is 0 Å². The molecule has 1 aromatic heterocycles. The first kappa shape index (κ1) is 23.6. The zero-order valence-corrected chi connectivity index (χ0v) is 20.5. The highest BCUT2D eigenvalue weighted by Crippen LogP contribution is 2.33. The van der Waals surface area contributed by atoms with Gasteiger partial charge in [-0.1, -0.05) is 23.2 Å². The Morgan fingerprint density at radius 3 is 2.82 bits per heavy atom. The van der Waals surface area contributed by atoms with Crippen molar-refractivity contribution in [2.24, 2.45) is 10.7 Å². The molecule has 0 radical (unpaired) electrons. The number of aliphatic hydroxyl groups is 1. The van der Waals surface area contributed by atoms with Gasteiger partial charge in [0.05, 0.1) is 53.3 Å². The number of nitrogens with zero attached hydrogens (tertiary/aromatic N) is 5. The van der Waals surface area contributed by atoms with Gasteiger partial charge in [-0.15, -0.1) is 0 Å². The molecule has 9 nitrogen and oxygen atoms in total. The maximum atomic E-state index is 10.2. The van der Waals surface area contributed by atoms with Crippen molar-refractivity contribution in [3.8, 4) is 0 Å². The summed E-state index contributed by atoms with van der Waals surface area (Å²) in [5.74, 6) is 0.384. The Bertz CT molecular complexity index is 1120. The molecule has 182 valence electrons. The van der Waals surface area contributed by atoms with Gasteiger partial charge >= 0.3 is 0 Å². The summed E-state index contributed by atoms with van der Waals surface area (Å²) < 4.78 is 5.45. The van der Waals surface area contributed by atoms with Crippen molar-refractivity contribution in [1.29, 1.82) is 0 Å². The minimum atomic E-state index is -0.430. The van der Waals surface area contributed by atoms with Crippen LogP contribution in [0.2, 0.25) is 5.02 Å². The second-order valence-electron chi connectivity index (χ2n) is 9.12. The minimum Gasteiger partial charge on any atom is -0.403 e. The Labute approximate surface area is 208 Å². The average molecular weight is 506 g/mol. The molecule has 34 heavy (non-hydrogen) atoms. The van der Waals surface area contributed by atoms with Crippen molar-refractivity contribution >= 4 is 50.9 Å². The van der Waals surface area contributed by atoms with Gasteiger partial charge in [-0.3, -0.25) is 9.89 Å². The number of fused-ring (bicyclic) bond motifs is 1. The number of nitrogens with one attached hydrogen (secondary N) is 1. The van der Waals surface area contributed by atoms with E-state index in [0.29, 0.717) is 35.1 Å². The summed E-state index contributed by atoms with van der Waals surface area (Å²) in [5.41, 5.74) is 7.92. The number of nitrogens with two attached hydrogens (primary N) is 1. The summed E-state index contributed by atoms with van der Waals surface area (Å²) in [5, 5.41) is 15.1. The van der Waals surface area contributed by atoms with Crippen molar-refractivity contribution < 1.29 is 9.84 Å². The number of hydrogen-bond donors (Lipinski definition) is 3. The molecule has 0 amide bonds. The highest BCUT2D eigenvalue weighted by Gasteiger charge is 2.36. The maximum absolute atomic E-state index is 10.2. The van der Waals surface area contributed by atoms with Crippen molar-refractivity contribution in [1.82, 2.24) is 14.9 Å². The summed E-state index contributed by atoms with van der Waals surface area (Å²) in [4.78, 5) is 18.1. The van der Waals surface area contributed by atoms with Gasteiger partial charge in [0.25, 0.3) is 0 Å². The molecule has 3 aliphatic rings. The van der Waals surface area contributed by atoms with E-state index in [1.165, 1.54) is 6.20 Å². The fourth-order valence-corrected chi connectivity index (χ4v) is 5.09. The standard InChI is InChI=1S/C23H29Cl2N7O2/c1-13-10-31(20-11-34-12-21(20)33)4-5-32(13)19-7-17-14(6-16(19)24)9-27-23(29-17)30-18(8-26)22(25)28-15-2-3-15/h6-9,13,15,20-21,33H,2-5,10-12,26H2,1H3,(H,27,29,30)/b18-8+,28-22?. The largest absolute Gasteiger partial charge is 0.403 e. The molecule has 1 aliphatic carbocycles. The number of piperazine rings is 1. The van der Waals surface area contributed by atoms with E-state index in [2.05, 4.69) is 37.0 Å². The predicted octanol–water partition coefficient (Wildman–Crippen LogP) is 2.57. The van der Waals surface area contributed by atoms with Crippen LogP contribution >= 0.6 is 23.2 Å². The molecule has 2 aromatic rings. The lowest BCUT2D eigenvalue weighted by Gasteiger charge is -2.44. The van der Waals surface area contributed by atoms with Crippen molar-refractivity contribution in [2.45, 2.75) is 44.0 Å². The van der Waals surface area contributed by atoms with E-state index in [1.807, 2.05) is 12.1 Å². The monoisotopic (exact) mass is 505 g/mol. The molecule has 4 N–H and O–H groups in total. The Balaban J connectivity index is 1.35. The van der Waals surface area contributed by atoms with Gasteiger partial charge in [0.2, 0.25) is 5.95 Å². The fourth-order valence-electron chi connectivity index (χ4n) is 4.56. The van der Waals surface area contributed by atoms with Crippen LogP contribution < -0.4 is 16.0 Å². The normalized spacial score (nSPS) is 26.9. The first-order valence-corrected chi connectivity index (χ1v) is 12.3. The molecule has 0 bridgehead atoms. The van der Waals surface area contributed by atoms with Gasteiger partial charge in [-0.05, 0) is 31.9 Å². The number of aromatic nitrogens is 2. The van der Waals surface area contributed by atoms with E-state index in [0.717, 1.165) is 49.1 Å². The lowest BCUT2D eigenvalue weighted by molar-refractivity contribution is 0.0713. The first-order valence-electron chi connectivity index (χ1n) is 11.6. The van der Waals surface area contributed by atoms with E-state index in [-0.39, 0.29) is 18.1 Å². The predicted molar refractivity (Wildman–Crippen MR) is 136 cm³/mol. The Morgan fingerprint density at radius 2 is 2.15 bits per heavy atom. The van der Waals surface area contributed by atoms with Crippen LogP contribution in [0.25, 0.3) is 10.9 Å². The zero-order valence-electron chi connectivity index (χ0n) is 19.0. The summed E-state index contributed by atoms with van der Waals surface area (Å²) in [7, 11) is 0. The smallest absolute Gasteiger partial charge is 0.227 e. The Morgan fingerprint density at radius 1 is 1.32 bits per heavy atom. The third-order valence-corrected chi connectivity index (χ3v) is 7.19. The molecule has 1 aromatic carbocycles. The molecule has 0 spiro atoms. The van der Waals surface area contributed by atoms with Gasteiger partial charge in [-0.25, -0.2) is 9.97 Å². The van der Waals surface area contributed by atoms with E-state index in [4.69, 9.17) is 33.7 Å². The molecule has 3 unspecified atom stereocenters. The molecule has 2 aliphatic heterocycles. The van der Waals surface area contributed by atoms with E-state index < -0.39 is 6.10 Å². The molecule has 1 saturated carbocycles. The third kappa shape index (κ3) is 4.94. The Kier molecular flexibility index (Phi) is 6.81. The number of halogens is 2. The number of ether oxygens (including phenoxy) is 1. The maximum Gasteiger partial charge on any atom is 0.227 e. The van der Waals surface area contributed by atoms with Crippen molar-refractivity contribution in [2.75, 3.05) is 43.1 Å². The summed E-state index contributed by atoms with van der Waals surface area (Å²) in [6.07, 6.45) is 4.77. The van der Waals surface area contributed by atoms with Gasteiger partial charge < -0.3 is 25.8 Å². The van der Waals surface area contributed by atoms with Crippen LogP contribution in [0, 0.1) is 0 Å². The Hall–Kier alpha value is -2.17. The quantitative estimate of drug-likeness (QED) is 0.513. The van der Waals surface area contributed by atoms with Crippen LogP contribution in [-0.4, -0.2) is 82.2 Å². The molecular formula is C23H29Cl2N7O2. The number of aliphatic hydroxyl groups excluding tert-OH is 1. The topological polar surface area (TPSA) is 112 Å². The van der Waals surface area contributed by atoms with Gasteiger partial charge in [0, 0.05) is 43.5 Å². The van der Waals surface area contributed by atoms with Gasteiger partial charge in [0.15, 0.2) is 0 Å². The molecule has 5 rings (SSSR count). The SMILES string of the molecule is CC1CN(C2COCC2O)CCN1c1cc2nc(N/C(=C/N)C(Cl)=NC3CC3)ncc2cc1Cl. The number of benzene rings is 1. The number of hydrogen-bond acceptors (Lipinski definition) is 9. The minimum absolute atomic E-state index is 0.0538. The molecular weight excluding hydrogens is 477 g/mol. The number of aliphatic imine (C=N–C) groups is 1. The fraction of sp³-hybridized carbons (Fsp3) is 0.522. The summed E-state index contributed by atoms with van der Waals surface area (Å²) in [6.45, 7) is 5.58. The molecule has 3 atom stereocenters. The molecule has 3 heterocycles. The number of rotatable bonds is 6. The average Bonchev–Trinajstić information content (AvgIpc) is 3.53. The van der Waals surface area contributed by atoms with Crippen LogP contribution in [0.5, 0.6) is 0 Å². The van der Waals surface area contributed by atoms with Crippen LogP contribution in [-0.2, 0) is 4.74 Å². The van der Waals surface area contributed by atoms with Gasteiger partial charge in [0.1, 0.15) is 5.17 Å². The second-order valence-corrected chi connectivity index (χ2v) is 9.89. The lowest BCUT2D eigenvalue weighted by Crippen LogP contribution is -2.57. The number of allylic oxidation sites excluding steroid dienone is 1. The number of anilines is 2. The molecule has 2 saturated heterocycles. The van der Waals surface area contributed by atoms with Crippen LogP contribution in [0.15, 0.2) is 35.2 Å². The van der Waals surface area contributed by atoms with Crippen LogP contribution in [0.4, 0.5) is 11.6 Å². The van der Waals surface area contributed by atoms with Crippen LogP contribution in [0.3, 0.4) is 0 Å². The van der Waals surface area contributed by atoms with E-state index in [1.54, 1.807) is 6.20 Å². The lowest BCUT2D eigenvalue weighted by atomic mass is 10.1. The molecule has 3 fully saturated rings. The second kappa shape index (κ2) is 9.83. The van der Waals surface area contributed by atoms with Crippen molar-refractivity contribution in [3.63, 3.8) is 0 Å². The zero-order chi connectivity index (χ0) is 23.8. The van der Waals surface area contributed by atoms with E-state index >= 15 is 0 Å². The summed E-state index contributed by atoms with van der Waals surface area (Å²) in [6, 6.07) is 4.43. The van der Waals surface area contributed by atoms with E-state index in [9.17, 15) is 5.11 Å².